The quantitative estimate of drug-likeness (QED) is 0.454. The van der Waals surface area contributed by atoms with Crippen molar-refractivity contribution in [1.29, 1.82) is 0 Å². The standard InChI is InChI=1S/C24H28N4O4S/c1-14-10-18(27-21(11-14)28-20-12-17(32-3)8-9-25-20)19-13-26-23(33-19)24(2,31)16-6-4-15(5-7-16)22(29)30/h8-13,15-16,31H,4-7H2,1-3H3,(H,29,30)(H,25,27,28). The molecule has 8 nitrogen and oxygen atoms in total. The van der Waals surface area contributed by atoms with Crippen LogP contribution in [0.25, 0.3) is 10.6 Å². The van der Waals surface area contributed by atoms with E-state index >= 15 is 0 Å². The number of nitrogens with one attached hydrogen (secondary N) is 1. The van der Waals surface area contributed by atoms with E-state index in [2.05, 4.69) is 15.3 Å². The maximum absolute atomic E-state index is 11.3. The number of aliphatic hydroxyl groups is 1. The van der Waals surface area contributed by atoms with E-state index < -0.39 is 11.6 Å². The minimum atomic E-state index is -1.11. The predicted molar refractivity (Wildman–Crippen MR) is 127 cm³/mol. The lowest BCUT2D eigenvalue weighted by Gasteiger charge is -2.35. The normalized spacial score (nSPS) is 20.1. The van der Waals surface area contributed by atoms with Gasteiger partial charge in [-0.05, 0) is 69.2 Å². The number of rotatable bonds is 7. The number of aliphatic carboxylic acids is 1. The molecule has 3 aromatic heterocycles. The van der Waals surface area contributed by atoms with Crippen molar-refractivity contribution in [2.24, 2.45) is 11.8 Å². The molecule has 9 heteroatoms. The molecular formula is C24H28N4O4S. The van der Waals surface area contributed by atoms with Crippen molar-refractivity contribution < 1.29 is 19.7 Å². The van der Waals surface area contributed by atoms with Gasteiger partial charge in [0.15, 0.2) is 0 Å². The van der Waals surface area contributed by atoms with E-state index in [4.69, 9.17) is 9.72 Å². The summed E-state index contributed by atoms with van der Waals surface area (Å²) in [4.78, 5) is 25.7. The molecule has 33 heavy (non-hydrogen) atoms. The molecule has 0 radical (unpaired) electrons. The molecule has 0 saturated heterocycles. The molecule has 174 valence electrons. The summed E-state index contributed by atoms with van der Waals surface area (Å²) in [5.41, 5.74) is 0.676. The van der Waals surface area contributed by atoms with Crippen molar-refractivity contribution in [2.45, 2.75) is 45.1 Å². The third kappa shape index (κ3) is 5.15. The summed E-state index contributed by atoms with van der Waals surface area (Å²) < 4.78 is 5.25. The van der Waals surface area contributed by atoms with E-state index in [0.29, 0.717) is 48.1 Å². The number of nitrogens with zero attached hydrogens (tertiary/aromatic N) is 3. The van der Waals surface area contributed by atoms with Gasteiger partial charge in [0.1, 0.15) is 28.0 Å². The highest BCUT2D eigenvalue weighted by atomic mass is 32.1. The number of hydrogen-bond acceptors (Lipinski definition) is 8. The molecule has 1 aliphatic rings. The zero-order valence-corrected chi connectivity index (χ0v) is 19.7. The van der Waals surface area contributed by atoms with Gasteiger partial charge in [0.25, 0.3) is 0 Å². The van der Waals surface area contributed by atoms with Gasteiger partial charge < -0.3 is 20.3 Å². The Bertz CT molecular complexity index is 1140. The Labute approximate surface area is 196 Å². The SMILES string of the molecule is COc1ccnc(Nc2cc(C)cc(-c3cnc(C(C)(O)C4CCC(C(=O)O)CC4)s3)n2)c1. The molecule has 4 rings (SSSR count). The van der Waals surface area contributed by atoms with Gasteiger partial charge in [-0.25, -0.2) is 15.0 Å². The van der Waals surface area contributed by atoms with E-state index in [1.165, 1.54) is 11.3 Å². The second-order valence-corrected chi connectivity index (χ2v) is 9.72. The summed E-state index contributed by atoms with van der Waals surface area (Å²) in [7, 11) is 1.61. The van der Waals surface area contributed by atoms with Gasteiger partial charge in [-0.15, -0.1) is 11.3 Å². The van der Waals surface area contributed by atoms with E-state index in [1.54, 1.807) is 38.6 Å². The third-order valence-corrected chi connectivity index (χ3v) is 7.50. The molecule has 1 aliphatic carbocycles. The van der Waals surface area contributed by atoms with E-state index in [-0.39, 0.29) is 11.8 Å². The summed E-state index contributed by atoms with van der Waals surface area (Å²) in [6, 6.07) is 7.49. The Kier molecular flexibility index (Phi) is 6.62. The topological polar surface area (TPSA) is 117 Å². The number of aryl methyl sites for hydroxylation is 1. The number of hydrogen-bond donors (Lipinski definition) is 3. The summed E-state index contributed by atoms with van der Waals surface area (Å²) in [6.45, 7) is 3.78. The van der Waals surface area contributed by atoms with Crippen molar-refractivity contribution in [2.75, 3.05) is 12.4 Å². The number of pyridine rings is 2. The number of anilines is 2. The molecule has 1 saturated carbocycles. The maximum Gasteiger partial charge on any atom is 0.306 e. The smallest absolute Gasteiger partial charge is 0.306 e. The summed E-state index contributed by atoms with van der Waals surface area (Å²) >= 11 is 1.42. The van der Waals surface area contributed by atoms with Gasteiger partial charge >= 0.3 is 5.97 Å². The van der Waals surface area contributed by atoms with Crippen LogP contribution < -0.4 is 10.1 Å². The number of thiazole rings is 1. The summed E-state index contributed by atoms with van der Waals surface area (Å²) in [5, 5.41) is 24.4. The molecule has 1 unspecified atom stereocenters. The van der Waals surface area contributed by atoms with Gasteiger partial charge in [-0.1, -0.05) is 0 Å². The number of carboxylic acid groups (broad SMARTS) is 1. The first-order chi connectivity index (χ1) is 15.8. The highest BCUT2D eigenvalue weighted by Crippen LogP contribution is 2.43. The Morgan fingerprint density at radius 2 is 1.94 bits per heavy atom. The van der Waals surface area contributed by atoms with Crippen molar-refractivity contribution >= 4 is 28.9 Å². The molecule has 3 aromatic rings. The Morgan fingerprint density at radius 3 is 2.64 bits per heavy atom. The van der Waals surface area contributed by atoms with Crippen LogP contribution in [0.1, 0.15) is 43.2 Å². The molecular weight excluding hydrogens is 440 g/mol. The van der Waals surface area contributed by atoms with Crippen LogP contribution in [-0.2, 0) is 10.4 Å². The van der Waals surface area contributed by atoms with Gasteiger partial charge in [0.2, 0.25) is 0 Å². The first-order valence-corrected chi connectivity index (χ1v) is 11.8. The molecule has 0 bridgehead atoms. The lowest BCUT2D eigenvalue weighted by Crippen LogP contribution is -2.35. The van der Waals surface area contributed by atoms with Crippen LogP contribution in [0.15, 0.2) is 36.7 Å². The van der Waals surface area contributed by atoms with Crippen molar-refractivity contribution in [3.05, 3.63) is 47.2 Å². The monoisotopic (exact) mass is 468 g/mol. The number of carboxylic acids is 1. The minimum Gasteiger partial charge on any atom is -0.497 e. The third-order valence-electron chi connectivity index (χ3n) is 6.26. The maximum atomic E-state index is 11.3. The van der Waals surface area contributed by atoms with Crippen LogP contribution in [0.2, 0.25) is 0 Å². The zero-order chi connectivity index (χ0) is 23.6. The number of ether oxygens (including phenoxy) is 1. The fourth-order valence-electron chi connectivity index (χ4n) is 4.30. The molecule has 1 atom stereocenters. The first-order valence-electron chi connectivity index (χ1n) is 10.9. The summed E-state index contributed by atoms with van der Waals surface area (Å²) in [5.74, 6) is 0.901. The van der Waals surface area contributed by atoms with Crippen LogP contribution >= 0.6 is 11.3 Å². The van der Waals surface area contributed by atoms with Crippen molar-refractivity contribution in [3.8, 4) is 16.3 Å². The van der Waals surface area contributed by atoms with Crippen LogP contribution in [0.3, 0.4) is 0 Å². The second kappa shape index (κ2) is 9.44. The molecule has 0 spiro atoms. The minimum absolute atomic E-state index is 0.0195. The van der Waals surface area contributed by atoms with Crippen LogP contribution in [0, 0.1) is 18.8 Å². The van der Waals surface area contributed by atoms with Gasteiger partial charge in [0, 0.05) is 18.5 Å². The van der Waals surface area contributed by atoms with Gasteiger partial charge in [-0.3, -0.25) is 4.79 Å². The highest BCUT2D eigenvalue weighted by molar-refractivity contribution is 7.15. The molecule has 1 fully saturated rings. The Morgan fingerprint density at radius 1 is 1.18 bits per heavy atom. The second-order valence-electron chi connectivity index (χ2n) is 8.68. The van der Waals surface area contributed by atoms with Crippen LogP contribution in [0.5, 0.6) is 5.75 Å². The largest absolute Gasteiger partial charge is 0.497 e. The fraction of sp³-hybridized carbons (Fsp3) is 0.417. The summed E-state index contributed by atoms with van der Waals surface area (Å²) in [6.07, 6.45) is 5.92. The van der Waals surface area contributed by atoms with E-state index in [9.17, 15) is 15.0 Å². The van der Waals surface area contributed by atoms with Crippen molar-refractivity contribution in [3.63, 3.8) is 0 Å². The fourth-order valence-corrected chi connectivity index (χ4v) is 5.30. The predicted octanol–water partition coefficient (Wildman–Crippen LogP) is 4.76. The average Bonchev–Trinajstić information content (AvgIpc) is 3.30. The molecule has 3 heterocycles. The van der Waals surface area contributed by atoms with E-state index in [1.807, 2.05) is 19.1 Å². The molecule has 0 aromatic carbocycles. The average molecular weight is 469 g/mol. The van der Waals surface area contributed by atoms with Crippen LogP contribution in [-0.4, -0.2) is 38.2 Å². The zero-order valence-electron chi connectivity index (χ0n) is 18.9. The van der Waals surface area contributed by atoms with Gasteiger partial charge in [0.05, 0.1) is 23.6 Å². The Hall–Kier alpha value is -3.04. The molecule has 0 amide bonds. The number of aromatic nitrogens is 3. The van der Waals surface area contributed by atoms with Crippen LogP contribution in [0.4, 0.5) is 11.6 Å². The highest BCUT2D eigenvalue weighted by Gasteiger charge is 2.40. The molecule has 0 aliphatic heterocycles. The lowest BCUT2D eigenvalue weighted by molar-refractivity contribution is -0.144. The van der Waals surface area contributed by atoms with Crippen molar-refractivity contribution in [1.82, 2.24) is 15.0 Å². The van der Waals surface area contributed by atoms with Gasteiger partial charge in [-0.2, -0.15) is 0 Å². The number of carbonyl (C=O) groups is 1. The Balaban J connectivity index is 1.53. The molecule has 3 N–H and O–H groups in total. The lowest BCUT2D eigenvalue weighted by atomic mass is 9.74. The first kappa shape index (κ1) is 23.1. The number of methoxy groups -OCH3 is 1. The van der Waals surface area contributed by atoms with E-state index in [0.717, 1.165) is 16.1 Å².